The van der Waals surface area contributed by atoms with E-state index in [1.165, 1.54) is 18.2 Å². The van der Waals surface area contributed by atoms with Crippen LogP contribution in [0.5, 0.6) is 11.5 Å². The molecule has 0 bridgehead atoms. The number of benzene rings is 2. The number of rotatable bonds is 6. The number of carbonyl (C=O) groups excluding carboxylic acids is 2. The van der Waals surface area contributed by atoms with Crippen molar-refractivity contribution in [2.75, 3.05) is 11.5 Å². The van der Waals surface area contributed by atoms with Crippen molar-refractivity contribution in [1.29, 1.82) is 0 Å². The molecule has 0 atom stereocenters. The molecule has 0 saturated heterocycles. The number of amides is 2. The maximum Gasteiger partial charge on any atom is 0.339 e. The summed E-state index contributed by atoms with van der Waals surface area (Å²) in [5.41, 5.74) is 0.245. The van der Waals surface area contributed by atoms with Crippen LogP contribution in [0, 0.1) is 0 Å². The second-order valence-electron chi connectivity index (χ2n) is 5.86. The molecule has 1 aliphatic heterocycles. The lowest BCUT2D eigenvalue weighted by Crippen LogP contribution is -2.29. The summed E-state index contributed by atoms with van der Waals surface area (Å²) in [5.74, 6) is -2.40. The maximum absolute atomic E-state index is 12.7. The molecule has 3 rings (SSSR count). The SMILES string of the molecule is CCCCOc1ccc2c(c1)C(=O)N(c1ccc(C(=O)O)c(O)c1)C2=O. The van der Waals surface area contributed by atoms with Crippen molar-refractivity contribution in [1.82, 2.24) is 0 Å². The van der Waals surface area contributed by atoms with Crippen LogP contribution < -0.4 is 9.64 Å². The van der Waals surface area contributed by atoms with Crippen LogP contribution in [0.4, 0.5) is 5.69 Å². The summed E-state index contributed by atoms with van der Waals surface area (Å²) >= 11 is 0. The van der Waals surface area contributed by atoms with Gasteiger partial charge in [-0.05, 0) is 36.8 Å². The number of ether oxygens (including phenoxy) is 1. The molecule has 1 heterocycles. The zero-order valence-corrected chi connectivity index (χ0v) is 14.1. The van der Waals surface area contributed by atoms with Crippen molar-refractivity contribution in [3.05, 3.63) is 53.1 Å². The van der Waals surface area contributed by atoms with E-state index >= 15 is 0 Å². The van der Waals surface area contributed by atoms with Gasteiger partial charge >= 0.3 is 5.97 Å². The van der Waals surface area contributed by atoms with Crippen LogP contribution >= 0.6 is 0 Å². The van der Waals surface area contributed by atoms with Crippen molar-refractivity contribution in [2.45, 2.75) is 19.8 Å². The Kier molecular flexibility index (Phi) is 4.62. The molecule has 0 unspecified atom stereocenters. The minimum atomic E-state index is -1.30. The third kappa shape index (κ3) is 2.99. The Labute approximate surface area is 149 Å². The normalized spacial score (nSPS) is 13.0. The highest BCUT2D eigenvalue weighted by Crippen LogP contribution is 2.33. The topological polar surface area (TPSA) is 104 Å². The quantitative estimate of drug-likeness (QED) is 0.609. The molecule has 2 N–H and O–H groups in total. The van der Waals surface area contributed by atoms with Crippen molar-refractivity contribution in [3.63, 3.8) is 0 Å². The molecule has 0 spiro atoms. The number of hydrogen-bond acceptors (Lipinski definition) is 5. The highest BCUT2D eigenvalue weighted by molar-refractivity contribution is 6.34. The van der Waals surface area contributed by atoms with Crippen molar-refractivity contribution < 1.29 is 29.3 Å². The Morgan fingerprint density at radius 1 is 1.08 bits per heavy atom. The number of nitrogens with zero attached hydrogens (tertiary/aromatic N) is 1. The Morgan fingerprint density at radius 3 is 2.46 bits per heavy atom. The summed E-state index contributed by atoms with van der Waals surface area (Å²) in [5, 5.41) is 18.8. The number of hydrogen-bond donors (Lipinski definition) is 2. The zero-order chi connectivity index (χ0) is 18.8. The second-order valence-corrected chi connectivity index (χ2v) is 5.86. The van der Waals surface area contributed by atoms with Gasteiger partial charge in [0.1, 0.15) is 17.1 Å². The molecular weight excluding hydrogens is 338 g/mol. The van der Waals surface area contributed by atoms with Gasteiger partial charge in [0.15, 0.2) is 0 Å². The first-order valence-electron chi connectivity index (χ1n) is 8.16. The molecule has 0 fully saturated rings. The van der Waals surface area contributed by atoms with Crippen LogP contribution in [-0.4, -0.2) is 34.6 Å². The van der Waals surface area contributed by atoms with Crippen molar-refractivity contribution in [3.8, 4) is 11.5 Å². The number of fused-ring (bicyclic) bond motifs is 1. The summed E-state index contributed by atoms with van der Waals surface area (Å²) < 4.78 is 5.57. The Hall–Kier alpha value is -3.35. The molecule has 0 aliphatic carbocycles. The van der Waals surface area contributed by atoms with Crippen LogP contribution in [0.2, 0.25) is 0 Å². The number of aromatic carboxylic acids is 1. The third-order valence-electron chi connectivity index (χ3n) is 4.09. The van der Waals surface area contributed by atoms with E-state index in [-0.39, 0.29) is 22.4 Å². The zero-order valence-electron chi connectivity index (χ0n) is 14.1. The molecule has 0 radical (unpaired) electrons. The molecule has 7 heteroatoms. The van der Waals surface area contributed by atoms with E-state index in [4.69, 9.17) is 9.84 Å². The summed E-state index contributed by atoms with van der Waals surface area (Å²) in [7, 11) is 0. The number of imide groups is 1. The van der Waals surface area contributed by atoms with Crippen LogP contribution in [0.1, 0.15) is 50.8 Å². The first-order valence-corrected chi connectivity index (χ1v) is 8.16. The van der Waals surface area contributed by atoms with Gasteiger partial charge in [0.05, 0.1) is 23.4 Å². The van der Waals surface area contributed by atoms with E-state index in [0.29, 0.717) is 12.4 Å². The van der Waals surface area contributed by atoms with Crippen LogP contribution in [0.25, 0.3) is 0 Å². The standard InChI is InChI=1S/C19H17NO6/c1-2-3-8-26-12-5-7-13-15(10-12)18(23)20(17(13)22)11-4-6-14(19(24)25)16(21)9-11/h4-7,9-10,21H,2-3,8H2,1H3,(H,24,25). The number of unbranched alkanes of at least 4 members (excludes halogenated alkanes) is 1. The van der Waals surface area contributed by atoms with E-state index in [9.17, 15) is 19.5 Å². The van der Waals surface area contributed by atoms with Gasteiger partial charge in [-0.2, -0.15) is 0 Å². The number of anilines is 1. The Bertz CT molecular complexity index is 905. The van der Waals surface area contributed by atoms with E-state index < -0.39 is 23.5 Å². The molecule has 0 saturated carbocycles. The number of carbonyl (C=O) groups is 3. The summed E-state index contributed by atoms with van der Waals surface area (Å²) in [4.78, 5) is 37.1. The number of carboxylic acids is 1. The smallest absolute Gasteiger partial charge is 0.339 e. The van der Waals surface area contributed by atoms with Gasteiger partial charge in [-0.1, -0.05) is 13.3 Å². The lowest BCUT2D eigenvalue weighted by Gasteiger charge is -2.14. The molecule has 2 aromatic carbocycles. The maximum atomic E-state index is 12.7. The average Bonchev–Trinajstić information content (AvgIpc) is 2.85. The highest BCUT2D eigenvalue weighted by Gasteiger charge is 2.37. The lowest BCUT2D eigenvalue weighted by atomic mass is 10.1. The van der Waals surface area contributed by atoms with E-state index in [0.717, 1.165) is 29.9 Å². The Balaban J connectivity index is 1.91. The predicted octanol–water partition coefficient (Wildman–Crippen LogP) is 3.07. The van der Waals surface area contributed by atoms with Gasteiger partial charge < -0.3 is 14.9 Å². The highest BCUT2D eigenvalue weighted by atomic mass is 16.5. The van der Waals surface area contributed by atoms with Crippen molar-refractivity contribution >= 4 is 23.5 Å². The van der Waals surface area contributed by atoms with E-state index in [1.807, 2.05) is 6.92 Å². The van der Waals surface area contributed by atoms with Gasteiger partial charge in [-0.15, -0.1) is 0 Å². The van der Waals surface area contributed by atoms with Crippen LogP contribution in [0.3, 0.4) is 0 Å². The molecule has 26 heavy (non-hydrogen) atoms. The van der Waals surface area contributed by atoms with Crippen LogP contribution in [0.15, 0.2) is 36.4 Å². The monoisotopic (exact) mass is 355 g/mol. The third-order valence-corrected chi connectivity index (χ3v) is 4.09. The number of phenols is 1. The van der Waals surface area contributed by atoms with E-state index in [1.54, 1.807) is 6.07 Å². The fourth-order valence-electron chi connectivity index (χ4n) is 2.72. The van der Waals surface area contributed by atoms with Crippen LogP contribution in [-0.2, 0) is 0 Å². The molecule has 134 valence electrons. The van der Waals surface area contributed by atoms with Gasteiger partial charge in [0, 0.05) is 6.07 Å². The molecule has 2 amide bonds. The second kappa shape index (κ2) is 6.87. The van der Waals surface area contributed by atoms with Gasteiger partial charge in [0.25, 0.3) is 11.8 Å². The lowest BCUT2D eigenvalue weighted by molar-refractivity contribution is 0.0693. The first-order chi connectivity index (χ1) is 12.4. The minimum absolute atomic E-state index is 0.104. The average molecular weight is 355 g/mol. The summed E-state index contributed by atoms with van der Waals surface area (Å²) in [6, 6.07) is 8.23. The van der Waals surface area contributed by atoms with Gasteiger partial charge in [-0.25, -0.2) is 9.69 Å². The summed E-state index contributed by atoms with van der Waals surface area (Å²) in [6.45, 7) is 2.56. The predicted molar refractivity (Wildman–Crippen MR) is 93.1 cm³/mol. The number of carboxylic acid groups (broad SMARTS) is 1. The minimum Gasteiger partial charge on any atom is -0.507 e. The van der Waals surface area contributed by atoms with Crippen molar-refractivity contribution in [2.24, 2.45) is 0 Å². The fraction of sp³-hybridized carbons (Fsp3) is 0.211. The van der Waals surface area contributed by atoms with E-state index in [2.05, 4.69) is 0 Å². The van der Waals surface area contributed by atoms with Gasteiger partial charge in [-0.3, -0.25) is 9.59 Å². The Morgan fingerprint density at radius 2 is 1.81 bits per heavy atom. The molecule has 1 aliphatic rings. The van der Waals surface area contributed by atoms with Gasteiger partial charge in [0.2, 0.25) is 0 Å². The summed E-state index contributed by atoms with van der Waals surface area (Å²) in [6.07, 6.45) is 1.86. The molecule has 7 nitrogen and oxygen atoms in total. The molecular formula is C19H17NO6. The molecule has 0 aromatic heterocycles. The molecule has 2 aromatic rings. The fourth-order valence-corrected chi connectivity index (χ4v) is 2.72. The first kappa shape index (κ1) is 17.5. The number of aromatic hydroxyl groups is 1. The largest absolute Gasteiger partial charge is 0.507 e.